The van der Waals surface area contributed by atoms with Gasteiger partial charge in [0.05, 0.1) is 12.4 Å². The molecule has 9 nitrogen and oxygen atoms in total. The second-order valence-electron chi connectivity index (χ2n) is 9.70. The first-order valence-electron chi connectivity index (χ1n) is 11.7. The van der Waals surface area contributed by atoms with Crippen molar-refractivity contribution in [1.29, 1.82) is 0 Å². The smallest absolute Gasteiger partial charge is 0.249 e. The third-order valence-corrected chi connectivity index (χ3v) is 8.19. The number of carbonyl (C=O) groups excluding carboxylic acids is 3. The number of benzene rings is 1. The van der Waals surface area contributed by atoms with Gasteiger partial charge < -0.3 is 15.5 Å². The Labute approximate surface area is 205 Å². The fourth-order valence-corrected chi connectivity index (χ4v) is 5.41. The monoisotopic (exact) mass is 514 g/mol. The fourth-order valence-electron chi connectivity index (χ4n) is 3.86. The molecule has 0 bridgehead atoms. The summed E-state index contributed by atoms with van der Waals surface area (Å²) < 4.78 is 40.0. The van der Waals surface area contributed by atoms with Gasteiger partial charge in [-0.1, -0.05) is 26.0 Å². The second-order valence-corrected chi connectivity index (χ2v) is 11.7. The van der Waals surface area contributed by atoms with E-state index in [-0.39, 0.29) is 31.1 Å². The van der Waals surface area contributed by atoms with E-state index in [2.05, 4.69) is 5.32 Å². The molecule has 196 valence electrons. The van der Waals surface area contributed by atoms with Crippen molar-refractivity contribution >= 4 is 27.5 Å². The Morgan fingerprint density at radius 3 is 2.40 bits per heavy atom. The number of nitrogens with one attached hydrogen (secondary N) is 1. The number of aliphatic hydroxyl groups excluding tert-OH is 2. The second kappa shape index (κ2) is 12.7. The Morgan fingerprint density at radius 1 is 1.17 bits per heavy atom. The van der Waals surface area contributed by atoms with Crippen molar-refractivity contribution in [2.45, 2.75) is 57.8 Å². The number of nitrogens with zero attached hydrogens (tertiary/aromatic N) is 1. The van der Waals surface area contributed by atoms with E-state index in [1.54, 1.807) is 6.07 Å². The van der Waals surface area contributed by atoms with Gasteiger partial charge in [0, 0.05) is 37.9 Å². The number of piperidine rings is 1. The van der Waals surface area contributed by atoms with Gasteiger partial charge in [-0.25, -0.2) is 17.1 Å². The maximum Gasteiger partial charge on any atom is 0.249 e. The molecule has 2 rings (SSSR count). The van der Waals surface area contributed by atoms with Crippen LogP contribution in [0.25, 0.3) is 0 Å². The molecule has 0 saturated carbocycles. The highest BCUT2D eigenvalue weighted by atomic mass is 32.2. The summed E-state index contributed by atoms with van der Waals surface area (Å²) in [5, 5.41) is 21.5. The van der Waals surface area contributed by atoms with Crippen LogP contribution in [0.3, 0.4) is 0 Å². The van der Waals surface area contributed by atoms with Crippen molar-refractivity contribution in [3.05, 3.63) is 35.6 Å². The van der Waals surface area contributed by atoms with E-state index in [1.807, 2.05) is 0 Å². The zero-order chi connectivity index (χ0) is 26.2. The molecule has 1 fully saturated rings. The van der Waals surface area contributed by atoms with Gasteiger partial charge >= 0.3 is 0 Å². The van der Waals surface area contributed by atoms with Crippen LogP contribution in [0.5, 0.6) is 0 Å². The Morgan fingerprint density at radius 2 is 1.80 bits per heavy atom. The third-order valence-electron chi connectivity index (χ3n) is 6.34. The Balaban J connectivity index is 1.70. The summed E-state index contributed by atoms with van der Waals surface area (Å²) >= 11 is 0. The third kappa shape index (κ3) is 8.75. The van der Waals surface area contributed by atoms with Gasteiger partial charge in [-0.15, -0.1) is 0 Å². The van der Waals surface area contributed by atoms with Crippen molar-refractivity contribution in [3.8, 4) is 0 Å². The molecular formula is C24H35FN2O7S. The predicted octanol–water partition coefficient (Wildman–Crippen LogP) is 1.17. The number of sulfonamides is 1. The topological polar surface area (TPSA) is 141 Å². The molecule has 35 heavy (non-hydrogen) atoms. The number of aliphatic hydroxyl groups is 2. The highest BCUT2D eigenvalue weighted by Crippen LogP contribution is 2.25. The average molecular weight is 515 g/mol. The standard InChI is InChI=1S/C24H35FN2O7S/c1-24(2,16-28)22(31)23(32)26-11-8-21(30)20(29)7-6-17-9-12-27(13-10-17)35(33,34)15-18-4-3-5-19(25)14-18/h3-5,14,17,22,28,31H,6-13,15-16H2,1-2H3,(H,26,32)/t22-/m0/s1. The largest absolute Gasteiger partial charge is 0.396 e. The molecule has 0 radical (unpaired) electrons. The zero-order valence-corrected chi connectivity index (χ0v) is 21.0. The number of hydrogen-bond donors (Lipinski definition) is 3. The number of rotatable bonds is 13. The first-order valence-corrected chi connectivity index (χ1v) is 13.3. The van der Waals surface area contributed by atoms with E-state index >= 15 is 0 Å². The van der Waals surface area contributed by atoms with E-state index in [1.165, 1.54) is 36.4 Å². The summed E-state index contributed by atoms with van der Waals surface area (Å²) in [5.41, 5.74) is -0.641. The first-order chi connectivity index (χ1) is 16.4. The molecule has 0 unspecified atom stereocenters. The van der Waals surface area contributed by atoms with Crippen LogP contribution >= 0.6 is 0 Å². The zero-order valence-electron chi connectivity index (χ0n) is 20.2. The summed E-state index contributed by atoms with van der Waals surface area (Å²) in [7, 11) is -3.58. The predicted molar refractivity (Wildman–Crippen MR) is 127 cm³/mol. The molecular weight excluding hydrogens is 479 g/mol. The minimum absolute atomic E-state index is 0.0493. The molecule has 1 atom stereocenters. The minimum atomic E-state index is -3.58. The van der Waals surface area contributed by atoms with Crippen molar-refractivity contribution in [2.24, 2.45) is 11.3 Å². The van der Waals surface area contributed by atoms with Gasteiger partial charge in [0.15, 0.2) is 11.6 Å². The fraction of sp³-hybridized carbons (Fsp3) is 0.625. The molecule has 1 saturated heterocycles. The van der Waals surface area contributed by atoms with E-state index in [4.69, 9.17) is 0 Å². The lowest BCUT2D eigenvalue weighted by atomic mass is 9.87. The SMILES string of the molecule is CC(C)(CO)[C@@H](O)C(=O)NCCC(=O)C(=O)CCC1CCN(S(=O)(=O)Cc2cccc(F)c2)CC1. The molecule has 1 aliphatic rings. The number of amides is 1. The molecule has 1 heterocycles. The number of halogens is 1. The molecule has 1 aromatic rings. The highest BCUT2D eigenvalue weighted by molar-refractivity contribution is 7.88. The van der Waals surface area contributed by atoms with Gasteiger partial charge in [0.25, 0.3) is 0 Å². The van der Waals surface area contributed by atoms with Gasteiger partial charge in [-0.05, 0) is 42.9 Å². The van der Waals surface area contributed by atoms with E-state index < -0.39 is 51.4 Å². The normalized spacial score (nSPS) is 16.6. The molecule has 11 heteroatoms. The van der Waals surface area contributed by atoms with Gasteiger partial charge in [0.1, 0.15) is 11.9 Å². The van der Waals surface area contributed by atoms with Crippen molar-refractivity contribution < 1.29 is 37.4 Å². The van der Waals surface area contributed by atoms with Crippen LogP contribution in [0.15, 0.2) is 24.3 Å². The van der Waals surface area contributed by atoms with Gasteiger partial charge in [0.2, 0.25) is 15.9 Å². The lowest BCUT2D eigenvalue weighted by Gasteiger charge is -2.31. The lowest BCUT2D eigenvalue weighted by molar-refractivity contribution is -0.138. The average Bonchev–Trinajstić information content (AvgIpc) is 2.81. The molecule has 0 spiro atoms. The Bertz CT molecular complexity index is 1000. The van der Waals surface area contributed by atoms with Crippen LogP contribution in [-0.2, 0) is 30.2 Å². The lowest BCUT2D eigenvalue weighted by Crippen LogP contribution is -2.46. The summed E-state index contributed by atoms with van der Waals surface area (Å²) in [6.07, 6.45) is 0.0258. The summed E-state index contributed by atoms with van der Waals surface area (Å²) in [5.74, 6) is -2.52. The van der Waals surface area contributed by atoms with Gasteiger partial charge in [-0.2, -0.15) is 0 Å². The number of Topliss-reactive ketones (excluding diaryl/α,β-unsaturated/α-hetero) is 2. The number of ketones is 2. The maximum atomic E-state index is 13.3. The summed E-state index contributed by atoms with van der Waals surface area (Å²) in [6, 6.07) is 5.50. The summed E-state index contributed by atoms with van der Waals surface area (Å²) in [6.45, 7) is 3.18. The van der Waals surface area contributed by atoms with Crippen LogP contribution in [0.1, 0.15) is 51.5 Å². The molecule has 0 aliphatic carbocycles. The maximum absolute atomic E-state index is 13.3. The van der Waals surface area contributed by atoms with Crippen LogP contribution in [0.4, 0.5) is 4.39 Å². The van der Waals surface area contributed by atoms with Crippen molar-refractivity contribution in [2.75, 3.05) is 26.2 Å². The van der Waals surface area contributed by atoms with E-state index in [0.29, 0.717) is 37.9 Å². The molecule has 3 N–H and O–H groups in total. The number of hydrogen-bond acceptors (Lipinski definition) is 7. The highest BCUT2D eigenvalue weighted by Gasteiger charge is 2.33. The molecule has 1 aromatic carbocycles. The van der Waals surface area contributed by atoms with E-state index in [9.17, 15) is 37.4 Å². The minimum Gasteiger partial charge on any atom is -0.396 e. The van der Waals surface area contributed by atoms with Crippen LogP contribution < -0.4 is 5.32 Å². The first kappa shape index (κ1) is 29.0. The number of carbonyl (C=O) groups is 3. The Kier molecular flexibility index (Phi) is 10.5. The van der Waals surface area contributed by atoms with Gasteiger partial charge in [-0.3, -0.25) is 14.4 Å². The van der Waals surface area contributed by atoms with Crippen LogP contribution in [0, 0.1) is 17.2 Å². The summed E-state index contributed by atoms with van der Waals surface area (Å²) in [4.78, 5) is 36.2. The van der Waals surface area contributed by atoms with Crippen LogP contribution in [0.2, 0.25) is 0 Å². The Hall–Kier alpha value is -2.21. The quantitative estimate of drug-likeness (QED) is 0.336. The van der Waals surface area contributed by atoms with E-state index in [0.717, 1.165) is 0 Å². The van der Waals surface area contributed by atoms with Crippen molar-refractivity contribution in [1.82, 2.24) is 9.62 Å². The van der Waals surface area contributed by atoms with Crippen LogP contribution in [-0.4, -0.2) is 72.8 Å². The molecule has 1 amide bonds. The molecule has 1 aliphatic heterocycles. The van der Waals surface area contributed by atoms with Crippen molar-refractivity contribution in [3.63, 3.8) is 0 Å². The molecule has 0 aromatic heterocycles.